The van der Waals surface area contributed by atoms with Gasteiger partial charge in [0.25, 0.3) is 0 Å². The molecular formula is C17H18N2O3. The first kappa shape index (κ1) is 15.6. The van der Waals surface area contributed by atoms with Crippen LogP contribution in [0.4, 0.5) is 5.69 Å². The summed E-state index contributed by atoms with van der Waals surface area (Å²) in [4.78, 5) is 23.5. The fraction of sp³-hybridized carbons (Fsp3) is 0.176. The average Bonchev–Trinajstić information content (AvgIpc) is 2.55. The molecule has 0 aliphatic heterocycles. The molecule has 2 rings (SSSR count). The van der Waals surface area contributed by atoms with Crippen LogP contribution in [-0.4, -0.2) is 18.4 Å². The van der Waals surface area contributed by atoms with E-state index in [9.17, 15) is 9.59 Å². The zero-order valence-corrected chi connectivity index (χ0v) is 12.3. The van der Waals surface area contributed by atoms with Gasteiger partial charge in [0.05, 0.1) is 6.61 Å². The summed E-state index contributed by atoms with van der Waals surface area (Å²) in [6.07, 6.45) is 0. The van der Waals surface area contributed by atoms with Crippen molar-refractivity contribution >= 4 is 17.5 Å². The Hall–Kier alpha value is -2.82. The van der Waals surface area contributed by atoms with Crippen LogP contribution in [0.15, 0.2) is 54.6 Å². The molecule has 0 saturated carbocycles. The summed E-state index contributed by atoms with van der Waals surface area (Å²) in [5.41, 5.74) is 1.48. The van der Waals surface area contributed by atoms with Gasteiger partial charge < -0.3 is 15.4 Å². The largest absolute Gasteiger partial charge is 0.494 e. The van der Waals surface area contributed by atoms with E-state index >= 15 is 0 Å². The van der Waals surface area contributed by atoms with Crippen LogP contribution in [0.1, 0.15) is 12.5 Å². The van der Waals surface area contributed by atoms with Crippen molar-refractivity contribution in [3.8, 4) is 5.75 Å². The Balaban J connectivity index is 1.84. The van der Waals surface area contributed by atoms with Crippen LogP contribution in [0.2, 0.25) is 0 Å². The molecule has 0 radical (unpaired) electrons. The Bertz CT molecular complexity index is 624. The van der Waals surface area contributed by atoms with Crippen molar-refractivity contribution in [1.29, 1.82) is 0 Å². The number of benzene rings is 2. The fourth-order valence-electron chi connectivity index (χ4n) is 1.85. The molecule has 0 atom stereocenters. The Morgan fingerprint density at radius 2 is 1.64 bits per heavy atom. The van der Waals surface area contributed by atoms with E-state index in [-0.39, 0.29) is 0 Å². The van der Waals surface area contributed by atoms with E-state index in [0.717, 1.165) is 5.56 Å². The second-order valence-electron chi connectivity index (χ2n) is 4.58. The number of amides is 2. The van der Waals surface area contributed by atoms with Crippen LogP contribution in [-0.2, 0) is 16.1 Å². The summed E-state index contributed by atoms with van der Waals surface area (Å²) >= 11 is 0. The molecule has 0 unspecified atom stereocenters. The zero-order chi connectivity index (χ0) is 15.8. The van der Waals surface area contributed by atoms with E-state index in [2.05, 4.69) is 10.6 Å². The van der Waals surface area contributed by atoms with Gasteiger partial charge in [-0.3, -0.25) is 9.59 Å². The van der Waals surface area contributed by atoms with Crippen LogP contribution in [0, 0.1) is 0 Å². The number of anilines is 1. The highest BCUT2D eigenvalue weighted by atomic mass is 16.5. The maximum Gasteiger partial charge on any atom is 0.313 e. The van der Waals surface area contributed by atoms with Crippen molar-refractivity contribution < 1.29 is 14.3 Å². The third-order valence-electron chi connectivity index (χ3n) is 2.93. The maximum atomic E-state index is 11.8. The third kappa shape index (κ3) is 4.63. The first-order chi connectivity index (χ1) is 10.7. The van der Waals surface area contributed by atoms with E-state index < -0.39 is 11.8 Å². The summed E-state index contributed by atoms with van der Waals surface area (Å²) in [6, 6.07) is 16.3. The molecule has 5 heteroatoms. The van der Waals surface area contributed by atoms with Gasteiger partial charge in [0.2, 0.25) is 0 Å². The van der Waals surface area contributed by atoms with Crippen LogP contribution in [0.5, 0.6) is 5.75 Å². The maximum absolute atomic E-state index is 11.8. The van der Waals surface area contributed by atoms with Crippen LogP contribution >= 0.6 is 0 Å². The summed E-state index contributed by atoms with van der Waals surface area (Å²) in [6.45, 7) is 2.79. The number of nitrogens with one attached hydrogen (secondary N) is 2. The second kappa shape index (κ2) is 7.83. The molecule has 114 valence electrons. The minimum Gasteiger partial charge on any atom is -0.494 e. The summed E-state index contributed by atoms with van der Waals surface area (Å²) in [7, 11) is 0. The molecular weight excluding hydrogens is 280 g/mol. The summed E-state index contributed by atoms with van der Waals surface area (Å²) < 4.78 is 5.31. The van der Waals surface area contributed by atoms with Gasteiger partial charge in [0.1, 0.15) is 5.75 Å². The standard InChI is InChI=1S/C17H18N2O3/c1-2-22-15-10-8-14(9-11-15)19-17(21)16(20)18-12-13-6-4-3-5-7-13/h3-11H,2,12H2,1H3,(H,18,20)(H,19,21). The van der Waals surface area contributed by atoms with Crippen LogP contribution in [0.25, 0.3) is 0 Å². The summed E-state index contributed by atoms with van der Waals surface area (Å²) in [5.74, 6) is -0.646. The Morgan fingerprint density at radius 1 is 0.955 bits per heavy atom. The predicted molar refractivity (Wildman–Crippen MR) is 84.5 cm³/mol. The van der Waals surface area contributed by atoms with E-state index in [0.29, 0.717) is 24.6 Å². The zero-order valence-electron chi connectivity index (χ0n) is 12.3. The molecule has 0 spiro atoms. The Morgan fingerprint density at radius 3 is 2.27 bits per heavy atom. The topological polar surface area (TPSA) is 67.4 Å². The normalized spacial score (nSPS) is 9.86. The Labute approximate surface area is 129 Å². The van der Waals surface area contributed by atoms with Gasteiger partial charge in [-0.15, -0.1) is 0 Å². The molecule has 5 nitrogen and oxygen atoms in total. The molecule has 22 heavy (non-hydrogen) atoms. The fourth-order valence-corrected chi connectivity index (χ4v) is 1.85. The van der Waals surface area contributed by atoms with E-state index in [1.165, 1.54) is 0 Å². The second-order valence-corrected chi connectivity index (χ2v) is 4.58. The van der Waals surface area contributed by atoms with Gasteiger partial charge in [0.15, 0.2) is 0 Å². The smallest absolute Gasteiger partial charge is 0.313 e. The van der Waals surface area contributed by atoms with Crippen LogP contribution in [0.3, 0.4) is 0 Å². The van der Waals surface area contributed by atoms with Crippen molar-refractivity contribution in [3.63, 3.8) is 0 Å². The highest BCUT2D eigenvalue weighted by Crippen LogP contribution is 2.15. The lowest BCUT2D eigenvalue weighted by molar-refractivity contribution is -0.136. The number of ether oxygens (including phenoxy) is 1. The molecule has 0 bridgehead atoms. The first-order valence-electron chi connectivity index (χ1n) is 7.05. The lowest BCUT2D eigenvalue weighted by Crippen LogP contribution is -2.34. The molecule has 2 amide bonds. The van der Waals surface area contributed by atoms with Crippen molar-refractivity contribution in [3.05, 3.63) is 60.2 Å². The van der Waals surface area contributed by atoms with Crippen molar-refractivity contribution in [2.45, 2.75) is 13.5 Å². The molecule has 0 aliphatic carbocycles. The Kier molecular flexibility index (Phi) is 5.54. The van der Waals surface area contributed by atoms with E-state index in [1.54, 1.807) is 24.3 Å². The molecule has 0 saturated heterocycles. The van der Waals surface area contributed by atoms with Crippen molar-refractivity contribution in [1.82, 2.24) is 5.32 Å². The molecule has 0 heterocycles. The number of carbonyl (C=O) groups is 2. The molecule has 2 aromatic rings. The SMILES string of the molecule is CCOc1ccc(NC(=O)C(=O)NCc2ccccc2)cc1. The number of hydrogen-bond acceptors (Lipinski definition) is 3. The minimum atomic E-state index is -0.694. The summed E-state index contributed by atoms with van der Waals surface area (Å²) in [5, 5.41) is 5.12. The van der Waals surface area contributed by atoms with Gasteiger partial charge in [0, 0.05) is 12.2 Å². The van der Waals surface area contributed by atoms with Crippen molar-refractivity contribution in [2.75, 3.05) is 11.9 Å². The predicted octanol–water partition coefficient (Wildman–Crippen LogP) is 2.34. The quantitative estimate of drug-likeness (QED) is 0.833. The van der Waals surface area contributed by atoms with Crippen LogP contribution < -0.4 is 15.4 Å². The average molecular weight is 298 g/mol. The number of carbonyl (C=O) groups excluding carboxylic acids is 2. The van der Waals surface area contributed by atoms with Gasteiger partial charge in [-0.25, -0.2) is 0 Å². The lowest BCUT2D eigenvalue weighted by atomic mass is 10.2. The highest BCUT2D eigenvalue weighted by molar-refractivity contribution is 6.39. The molecule has 0 fully saturated rings. The molecule has 2 aromatic carbocycles. The van der Waals surface area contributed by atoms with Gasteiger partial charge >= 0.3 is 11.8 Å². The highest BCUT2D eigenvalue weighted by Gasteiger charge is 2.13. The molecule has 0 aliphatic rings. The van der Waals surface area contributed by atoms with E-state index in [4.69, 9.17) is 4.74 Å². The first-order valence-corrected chi connectivity index (χ1v) is 7.05. The number of hydrogen-bond donors (Lipinski definition) is 2. The molecule has 0 aromatic heterocycles. The number of rotatable bonds is 5. The monoisotopic (exact) mass is 298 g/mol. The van der Waals surface area contributed by atoms with Crippen molar-refractivity contribution in [2.24, 2.45) is 0 Å². The van der Waals surface area contributed by atoms with E-state index in [1.807, 2.05) is 37.3 Å². The molecule has 2 N–H and O–H groups in total. The van der Waals surface area contributed by atoms with Gasteiger partial charge in [-0.2, -0.15) is 0 Å². The minimum absolute atomic E-state index is 0.316. The van der Waals surface area contributed by atoms with Gasteiger partial charge in [-0.05, 0) is 36.8 Å². The third-order valence-corrected chi connectivity index (χ3v) is 2.93. The van der Waals surface area contributed by atoms with Gasteiger partial charge in [-0.1, -0.05) is 30.3 Å². The lowest BCUT2D eigenvalue weighted by Gasteiger charge is -2.08.